The molecule has 0 bridgehead atoms. The molecule has 4 N–H and O–H groups in total. The van der Waals surface area contributed by atoms with Crippen molar-refractivity contribution in [3.63, 3.8) is 0 Å². The van der Waals surface area contributed by atoms with Gasteiger partial charge in [-0.15, -0.1) is 0 Å². The lowest BCUT2D eigenvalue weighted by Gasteiger charge is -2.47. The molecule has 5 rings (SSSR count). The van der Waals surface area contributed by atoms with E-state index in [9.17, 15) is 16.8 Å². The normalized spacial score (nSPS) is 35.4. The van der Waals surface area contributed by atoms with Crippen LogP contribution in [-0.4, -0.2) is 22.9 Å². The standard InChI is InChI=1S/C19H24N2O6S2/c1-18-7-6-15-14-4-3-13(26-28(20,22)23)8-11(14)2-5-16(15)19(18)10-12(19)9-17(18)27-29(21,24)25/h3-4,8,12,17H,2,5-7,9-10H2,1H3,(H2,20,22,23)(H2,21,24,25)/t12-,17-,18-,19+/m1/s1. The molecule has 0 amide bonds. The van der Waals surface area contributed by atoms with Gasteiger partial charge in [0.25, 0.3) is 0 Å². The highest BCUT2D eigenvalue weighted by Gasteiger charge is 2.75. The van der Waals surface area contributed by atoms with Gasteiger partial charge in [-0.1, -0.05) is 18.6 Å². The fraction of sp³-hybridized carbons (Fsp3) is 0.579. The monoisotopic (exact) mass is 440 g/mol. The summed E-state index contributed by atoms with van der Waals surface area (Å²) in [6, 6.07) is 5.30. The van der Waals surface area contributed by atoms with Gasteiger partial charge in [-0.05, 0) is 73.3 Å². The molecule has 158 valence electrons. The van der Waals surface area contributed by atoms with Gasteiger partial charge in [0.15, 0.2) is 0 Å². The van der Waals surface area contributed by atoms with Crippen LogP contribution in [0.2, 0.25) is 0 Å². The van der Waals surface area contributed by atoms with E-state index in [0.29, 0.717) is 5.92 Å². The van der Waals surface area contributed by atoms with Gasteiger partial charge in [-0.2, -0.15) is 22.0 Å². The summed E-state index contributed by atoms with van der Waals surface area (Å²) in [5.41, 5.74) is 4.66. The number of fused-ring (bicyclic) bond motifs is 2. The summed E-state index contributed by atoms with van der Waals surface area (Å²) in [5.74, 6) is 0.650. The van der Waals surface area contributed by atoms with Gasteiger partial charge in [0.2, 0.25) is 0 Å². The number of benzene rings is 1. The third-order valence-electron chi connectivity index (χ3n) is 7.64. The van der Waals surface area contributed by atoms with Crippen molar-refractivity contribution in [1.82, 2.24) is 0 Å². The molecule has 2 saturated carbocycles. The summed E-state index contributed by atoms with van der Waals surface area (Å²) < 4.78 is 55.7. The Hall–Kier alpha value is -1.46. The van der Waals surface area contributed by atoms with Crippen LogP contribution in [0.1, 0.15) is 50.2 Å². The third kappa shape index (κ3) is 2.88. The number of rotatable bonds is 4. The smallest absolute Gasteiger partial charge is 0.371 e. The van der Waals surface area contributed by atoms with Crippen molar-refractivity contribution >= 4 is 26.2 Å². The first-order valence-electron chi connectivity index (χ1n) is 9.72. The molecule has 0 radical (unpaired) electrons. The molecule has 4 aliphatic carbocycles. The molecule has 10 heteroatoms. The van der Waals surface area contributed by atoms with Crippen LogP contribution < -0.4 is 14.5 Å². The predicted molar refractivity (Wildman–Crippen MR) is 106 cm³/mol. The molecule has 4 aliphatic rings. The van der Waals surface area contributed by atoms with E-state index in [0.717, 1.165) is 49.7 Å². The molecule has 0 saturated heterocycles. The zero-order valence-corrected chi connectivity index (χ0v) is 17.7. The number of hydrogen-bond acceptors (Lipinski definition) is 6. The third-order valence-corrected chi connectivity index (χ3v) is 8.56. The molecule has 0 aliphatic heterocycles. The largest absolute Gasteiger partial charge is 0.380 e. The molecule has 29 heavy (non-hydrogen) atoms. The summed E-state index contributed by atoms with van der Waals surface area (Å²) in [5, 5.41) is 10.2. The van der Waals surface area contributed by atoms with Gasteiger partial charge in [0.1, 0.15) is 5.75 Å². The Bertz CT molecular complexity index is 1160. The molecule has 1 aromatic rings. The molecule has 0 aromatic heterocycles. The second-order valence-electron chi connectivity index (χ2n) is 8.96. The quantitative estimate of drug-likeness (QED) is 0.731. The SMILES string of the molecule is C[C@]12CCC3=C(CCc4cc(OS(N)(=O)=O)ccc43)[C@@]13C[C@H]3C[C@H]2OS(N)(=O)=O. The molecule has 1 spiro atoms. The average molecular weight is 441 g/mol. The van der Waals surface area contributed by atoms with Crippen molar-refractivity contribution < 1.29 is 25.2 Å². The first kappa shape index (κ1) is 19.5. The van der Waals surface area contributed by atoms with Crippen molar-refractivity contribution in [3.05, 3.63) is 34.9 Å². The Kier molecular flexibility index (Phi) is 3.91. The lowest BCUT2D eigenvalue weighted by Crippen LogP contribution is -2.44. The van der Waals surface area contributed by atoms with Gasteiger partial charge in [-0.25, -0.2) is 5.14 Å². The minimum atomic E-state index is -4.06. The van der Waals surface area contributed by atoms with E-state index in [1.54, 1.807) is 12.1 Å². The Morgan fingerprint density at radius 2 is 1.83 bits per heavy atom. The Morgan fingerprint density at radius 3 is 2.52 bits per heavy atom. The van der Waals surface area contributed by atoms with Crippen LogP contribution in [0.25, 0.3) is 5.57 Å². The van der Waals surface area contributed by atoms with Crippen molar-refractivity contribution in [3.8, 4) is 5.75 Å². The molecule has 0 unspecified atom stereocenters. The van der Waals surface area contributed by atoms with Crippen LogP contribution in [0, 0.1) is 16.7 Å². The zero-order chi connectivity index (χ0) is 20.8. The van der Waals surface area contributed by atoms with Gasteiger partial charge in [-0.3, -0.25) is 4.18 Å². The van der Waals surface area contributed by atoms with E-state index in [1.165, 1.54) is 11.1 Å². The maximum absolute atomic E-state index is 11.6. The summed E-state index contributed by atoms with van der Waals surface area (Å²) in [7, 11) is -8.05. The van der Waals surface area contributed by atoms with E-state index < -0.39 is 20.6 Å². The van der Waals surface area contributed by atoms with E-state index in [2.05, 4.69) is 6.92 Å². The number of aryl methyl sites for hydroxylation is 1. The second kappa shape index (κ2) is 5.82. The van der Waals surface area contributed by atoms with Gasteiger partial charge in [0, 0.05) is 10.8 Å². The van der Waals surface area contributed by atoms with Crippen LogP contribution in [-0.2, 0) is 31.2 Å². The van der Waals surface area contributed by atoms with Crippen LogP contribution in [0.4, 0.5) is 0 Å². The van der Waals surface area contributed by atoms with Gasteiger partial charge < -0.3 is 4.18 Å². The summed E-state index contributed by atoms with van der Waals surface area (Å²) in [6.07, 6.45) is 4.71. The number of allylic oxidation sites excluding steroid dienone is 2. The van der Waals surface area contributed by atoms with E-state index in [-0.39, 0.29) is 22.7 Å². The summed E-state index contributed by atoms with van der Waals surface area (Å²) in [6.45, 7) is 2.15. The fourth-order valence-corrected chi connectivity index (χ4v) is 7.50. The first-order valence-corrected chi connectivity index (χ1v) is 12.7. The highest BCUT2D eigenvalue weighted by Crippen LogP contribution is 2.80. The van der Waals surface area contributed by atoms with Crippen molar-refractivity contribution in [2.75, 3.05) is 0 Å². The summed E-state index contributed by atoms with van der Waals surface area (Å²) >= 11 is 0. The number of nitrogens with two attached hydrogens (primary N) is 2. The first-order chi connectivity index (χ1) is 13.4. The Morgan fingerprint density at radius 1 is 1.07 bits per heavy atom. The molecule has 1 aromatic carbocycles. The molecule has 8 nitrogen and oxygen atoms in total. The molecule has 2 fully saturated rings. The predicted octanol–water partition coefficient (Wildman–Crippen LogP) is 1.77. The van der Waals surface area contributed by atoms with Crippen LogP contribution >= 0.6 is 0 Å². The minimum absolute atomic E-state index is 0.0105. The van der Waals surface area contributed by atoms with Gasteiger partial charge >= 0.3 is 20.6 Å². The zero-order valence-electron chi connectivity index (χ0n) is 16.1. The highest BCUT2D eigenvalue weighted by atomic mass is 32.2. The maximum Gasteiger partial charge on any atom is 0.380 e. The van der Waals surface area contributed by atoms with Crippen LogP contribution in [0.15, 0.2) is 23.8 Å². The van der Waals surface area contributed by atoms with Crippen molar-refractivity contribution in [2.45, 2.75) is 51.6 Å². The maximum atomic E-state index is 11.6. The summed E-state index contributed by atoms with van der Waals surface area (Å²) in [4.78, 5) is 0. The van der Waals surface area contributed by atoms with Crippen LogP contribution in [0.5, 0.6) is 5.75 Å². The second-order valence-corrected chi connectivity index (χ2v) is 11.3. The Balaban J connectivity index is 1.53. The Labute approximate surface area is 170 Å². The highest BCUT2D eigenvalue weighted by molar-refractivity contribution is 7.84. The molecular weight excluding hydrogens is 416 g/mol. The molecule has 4 atom stereocenters. The van der Waals surface area contributed by atoms with Crippen molar-refractivity contribution in [1.29, 1.82) is 0 Å². The lowest BCUT2D eigenvalue weighted by atomic mass is 9.59. The molecular formula is C19H24N2O6S2. The van der Waals surface area contributed by atoms with Gasteiger partial charge in [0.05, 0.1) is 6.10 Å². The molecule has 0 heterocycles. The average Bonchev–Trinajstić information content (AvgIpc) is 3.24. The van der Waals surface area contributed by atoms with E-state index in [4.69, 9.17) is 18.6 Å². The van der Waals surface area contributed by atoms with E-state index >= 15 is 0 Å². The minimum Gasteiger partial charge on any atom is -0.371 e. The van der Waals surface area contributed by atoms with Crippen LogP contribution in [0.3, 0.4) is 0 Å². The topological polar surface area (TPSA) is 139 Å². The fourth-order valence-electron chi connectivity index (χ4n) is 6.52. The number of hydrogen-bond donors (Lipinski definition) is 2. The lowest BCUT2D eigenvalue weighted by molar-refractivity contribution is 0.0341. The van der Waals surface area contributed by atoms with E-state index in [1.807, 2.05) is 6.07 Å². The van der Waals surface area contributed by atoms with Crippen molar-refractivity contribution in [2.24, 2.45) is 27.0 Å².